The van der Waals surface area contributed by atoms with Gasteiger partial charge in [0.15, 0.2) is 0 Å². The van der Waals surface area contributed by atoms with Gasteiger partial charge >= 0.3 is 0 Å². The lowest BCUT2D eigenvalue weighted by atomic mass is 10.0. The molecule has 1 aromatic carbocycles. The van der Waals surface area contributed by atoms with Gasteiger partial charge < -0.3 is 15.4 Å². The third kappa shape index (κ3) is 3.47. The minimum atomic E-state index is 0.108. The first kappa shape index (κ1) is 13.4. The summed E-state index contributed by atoms with van der Waals surface area (Å²) in [7, 11) is 2.15. The minimum Gasteiger partial charge on any atom is -0.381 e. The monoisotopic (exact) mass is 248 g/mol. The Labute approximate surface area is 110 Å². The predicted molar refractivity (Wildman–Crippen MR) is 75.9 cm³/mol. The fraction of sp³-hybridized carbons (Fsp3) is 0.600. The third-order valence-corrected chi connectivity index (χ3v) is 3.65. The van der Waals surface area contributed by atoms with Gasteiger partial charge in [-0.1, -0.05) is 12.1 Å². The van der Waals surface area contributed by atoms with Crippen LogP contribution in [0.3, 0.4) is 0 Å². The summed E-state index contributed by atoms with van der Waals surface area (Å²) in [6.07, 6.45) is 2.48. The summed E-state index contributed by atoms with van der Waals surface area (Å²) in [6.45, 7) is 4.92. The van der Waals surface area contributed by atoms with E-state index in [9.17, 15) is 0 Å². The molecule has 0 spiro atoms. The summed E-state index contributed by atoms with van der Waals surface area (Å²) in [4.78, 5) is 2.31. The molecule has 2 N–H and O–H groups in total. The Morgan fingerprint density at radius 3 is 2.67 bits per heavy atom. The quantitative estimate of drug-likeness (QED) is 0.890. The van der Waals surface area contributed by atoms with Crippen molar-refractivity contribution in [3.8, 4) is 0 Å². The number of benzene rings is 1. The molecule has 100 valence electrons. The number of hydrogen-bond donors (Lipinski definition) is 1. The normalized spacial score (nSPS) is 21.6. The van der Waals surface area contributed by atoms with Crippen molar-refractivity contribution in [3.05, 3.63) is 29.8 Å². The summed E-state index contributed by atoms with van der Waals surface area (Å²) in [5.41, 5.74) is 8.30. The molecule has 0 amide bonds. The van der Waals surface area contributed by atoms with Gasteiger partial charge in [0.25, 0.3) is 0 Å². The second kappa shape index (κ2) is 6.21. The molecule has 1 heterocycles. The fourth-order valence-corrected chi connectivity index (χ4v) is 2.48. The van der Waals surface area contributed by atoms with Crippen molar-refractivity contribution in [2.75, 3.05) is 31.7 Å². The molecule has 1 unspecified atom stereocenters. The Kier molecular flexibility index (Phi) is 4.61. The highest BCUT2D eigenvalue weighted by atomic mass is 16.5. The van der Waals surface area contributed by atoms with Crippen molar-refractivity contribution in [1.82, 2.24) is 0 Å². The van der Waals surface area contributed by atoms with Crippen LogP contribution in [0.25, 0.3) is 0 Å². The van der Waals surface area contributed by atoms with Crippen LogP contribution in [-0.4, -0.2) is 26.8 Å². The highest BCUT2D eigenvalue weighted by Gasteiger charge is 2.16. The molecule has 2 atom stereocenters. The SMILES string of the molecule is C[C@@H](N)c1ccc(N(C)CC2CCCOC2)cc1. The average Bonchev–Trinajstić information content (AvgIpc) is 2.40. The zero-order chi connectivity index (χ0) is 13.0. The average molecular weight is 248 g/mol. The molecule has 3 nitrogen and oxygen atoms in total. The number of anilines is 1. The molecule has 1 fully saturated rings. The molecule has 1 saturated heterocycles. The van der Waals surface area contributed by atoms with Gasteiger partial charge in [-0.3, -0.25) is 0 Å². The summed E-state index contributed by atoms with van der Waals surface area (Å²) in [5.74, 6) is 0.664. The van der Waals surface area contributed by atoms with Crippen LogP contribution in [0.1, 0.15) is 31.4 Å². The number of nitrogens with two attached hydrogens (primary N) is 1. The van der Waals surface area contributed by atoms with Gasteiger partial charge in [0, 0.05) is 31.9 Å². The lowest BCUT2D eigenvalue weighted by Gasteiger charge is -2.28. The van der Waals surface area contributed by atoms with Crippen molar-refractivity contribution in [3.63, 3.8) is 0 Å². The topological polar surface area (TPSA) is 38.5 Å². The van der Waals surface area contributed by atoms with Crippen LogP contribution in [0, 0.1) is 5.92 Å². The van der Waals surface area contributed by atoms with Gasteiger partial charge in [-0.05, 0) is 43.4 Å². The molecular formula is C15H24N2O. The van der Waals surface area contributed by atoms with Gasteiger partial charge in [0.05, 0.1) is 6.61 Å². The standard InChI is InChI=1S/C15H24N2O/c1-12(16)14-5-7-15(8-6-14)17(2)10-13-4-3-9-18-11-13/h5-8,12-13H,3-4,9-11,16H2,1-2H3/t12-,13?/m1/s1. The molecule has 0 radical (unpaired) electrons. The van der Waals surface area contributed by atoms with E-state index in [0.717, 1.165) is 19.8 Å². The highest BCUT2D eigenvalue weighted by Crippen LogP contribution is 2.20. The van der Waals surface area contributed by atoms with Crippen LogP contribution >= 0.6 is 0 Å². The molecule has 0 bridgehead atoms. The molecular weight excluding hydrogens is 224 g/mol. The number of nitrogens with zero attached hydrogens (tertiary/aromatic N) is 1. The Morgan fingerprint density at radius 1 is 1.39 bits per heavy atom. The Hall–Kier alpha value is -1.06. The van der Waals surface area contributed by atoms with Crippen LogP contribution in [0.15, 0.2) is 24.3 Å². The summed E-state index contributed by atoms with van der Waals surface area (Å²) in [6, 6.07) is 8.66. The van der Waals surface area contributed by atoms with Gasteiger partial charge in [-0.15, -0.1) is 0 Å². The van der Waals surface area contributed by atoms with E-state index in [0.29, 0.717) is 5.92 Å². The van der Waals surface area contributed by atoms with E-state index in [-0.39, 0.29) is 6.04 Å². The van der Waals surface area contributed by atoms with Crippen LogP contribution < -0.4 is 10.6 Å². The largest absolute Gasteiger partial charge is 0.381 e. The van der Waals surface area contributed by atoms with Crippen molar-refractivity contribution >= 4 is 5.69 Å². The summed E-state index contributed by atoms with van der Waals surface area (Å²) in [5, 5.41) is 0. The van der Waals surface area contributed by atoms with E-state index in [1.807, 2.05) is 6.92 Å². The van der Waals surface area contributed by atoms with E-state index < -0.39 is 0 Å². The van der Waals surface area contributed by atoms with Crippen LogP contribution in [0.2, 0.25) is 0 Å². The van der Waals surface area contributed by atoms with Crippen molar-refractivity contribution in [2.45, 2.75) is 25.8 Å². The smallest absolute Gasteiger partial charge is 0.0511 e. The Bertz CT molecular complexity index is 355. The molecule has 3 heteroatoms. The van der Waals surface area contributed by atoms with E-state index in [1.165, 1.54) is 24.1 Å². The first-order valence-electron chi connectivity index (χ1n) is 6.81. The first-order chi connectivity index (χ1) is 8.66. The highest BCUT2D eigenvalue weighted by molar-refractivity contribution is 5.47. The fourth-order valence-electron chi connectivity index (χ4n) is 2.48. The second-order valence-corrected chi connectivity index (χ2v) is 5.34. The molecule has 0 saturated carbocycles. The molecule has 2 rings (SSSR count). The maximum atomic E-state index is 5.86. The number of ether oxygens (including phenoxy) is 1. The van der Waals surface area contributed by atoms with Gasteiger partial charge in [0.1, 0.15) is 0 Å². The third-order valence-electron chi connectivity index (χ3n) is 3.65. The maximum Gasteiger partial charge on any atom is 0.0511 e. The Balaban J connectivity index is 1.93. The molecule has 1 aliphatic rings. The molecule has 18 heavy (non-hydrogen) atoms. The van der Waals surface area contributed by atoms with Crippen molar-refractivity contribution in [2.24, 2.45) is 11.7 Å². The van der Waals surface area contributed by atoms with Crippen LogP contribution in [0.5, 0.6) is 0 Å². The van der Waals surface area contributed by atoms with E-state index in [4.69, 9.17) is 10.5 Å². The van der Waals surface area contributed by atoms with Crippen molar-refractivity contribution in [1.29, 1.82) is 0 Å². The lowest BCUT2D eigenvalue weighted by Crippen LogP contribution is -2.30. The molecule has 1 aromatic rings. The Morgan fingerprint density at radius 2 is 2.11 bits per heavy atom. The van der Waals surface area contributed by atoms with Crippen molar-refractivity contribution < 1.29 is 4.74 Å². The van der Waals surface area contributed by atoms with Crippen LogP contribution in [-0.2, 0) is 4.74 Å². The van der Waals surface area contributed by atoms with Gasteiger partial charge in [-0.25, -0.2) is 0 Å². The molecule has 1 aliphatic heterocycles. The van der Waals surface area contributed by atoms with Gasteiger partial charge in [0.2, 0.25) is 0 Å². The predicted octanol–water partition coefficient (Wildman–Crippen LogP) is 2.57. The van der Waals surface area contributed by atoms with E-state index in [1.54, 1.807) is 0 Å². The first-order valence-corrected chi connectivity index (χ1v) is 6.81. The maximum absolute atomic E-state index is 5.86. The van der Waals surface area contributed by atoms with Crippen LogP contribution in [0.4, 0.5) is 5.69 Å². The lowest BCUT2D eigenvalue weighted by molar-refractivity contribution is 0.0576. The number of hydrogen-bond acceptors (Lipinski definition) is 3. The second-order valence-electron chi connectivity index (χ2n) is 5.34. The summed E-state index contributed by atoms with van der Waals surface area (Å²) >= 11 is 0. The molecule has 0 aliphatic carbocycles. The molecule has 0 aromatic heterocycles. The zero-order valence-corrected chi connectivity index (χ0v) is 11.4. The minimum absolute atomic E-state index is 0.108. The zero-order valence-electron chi connectivity index (χ0n) is 11.4. The van der Waals surface area contributed by atoms with Gasteiger partial charge in [-0.2, -0.15) is 0 Å². The number of rotatable bonds is 4. The van der Waals surface area contributed by atoms with E-state index >= 15 is 0 Å². The van der Waals surface area contributed by atoms with E-state index in [2.05, 4.69) is 36.2 Å². The summed E-state index contributed by atoms with van der Waals surface area (Å²) < 4.78 is 5.53.